The van der Waals surface area contributed by atoms with Gasteiger partial charge in [0.05, 0.1) is 12.6 Å². The summed E-state index contributed by atoms with van der Waals surface area (Å²) < 4.78 is 0. The Balaban J connectivity index is 1.67. The Labute approximate surface area is 218 Å². The summed E-state index contributed by atoms with van der Waals surface area (Å²) in [5.74, 6) is 0.979. The average molecular weight is 521 g/mol. The predicted molar refractivity (Wildman–Crippen MR) is 142 cm³/mol. The molecule has 0 bridgehead atoms. The molecule has 35 heavy (non-hydrogen) atoms. The van der Waals surface area contributed by atoms with Crippen molar-refractivity contribution in [1.29, 1.82) is 0 Å². The van der Waals surface area contributed by atoms with Gasteiger partial charge in [0.15, 0.2) is 0 Å². The van der Waals surface area contributed by atoms with Crippen LogP contribution in [0.5, 0.6) is 0 Å². The van der Waals surface area contributed by atoms with Crippen LogP contribution in [0.15, 0.2) is 36.5 Å². The SMILES string of the molecule is CC(C)C[C@H](NC(=O)CN)c1cccnc1N1CCN(C(=O)C(C)Cc2ccc(Cl)cc2Cl)CC1. The second-order valence-corrected chi connectivity index (χ2v) is 10.4. The molecule has 1 fully saturated rings. The van der Waals surface area contributed by atoms with E-state index in [1.165, 1.54) is 0 Å². The quantitative estimate of drug-likeness (QED) is 0.520. The van der Waals surface area contributed by atoms with Crippen LogP contribution in [0.1, 0.15) is 44.4 Å². The number of nitrogens with one attached hydrogen (secondary N) is 1. The topological polar surface area (TPSA) is 91.6 Å². The molecular weight excluding hydrogens is 485 g/mol. The third kappa shape index (κ3) is 7.32. The van der Waals surface area contributed by atoms with Crippen LogP contribution in [0.4, 0.5) is 5.82 Å². The summed E-state index contributed by atoms with van der Waals surface area (Å²) in [7, 11) is 0. The molecule has 190 valence electrons. The molecule has 0 radical (unpaired) electrons. The molecule has 1 aliphatic heterocycles. The summed E-state index contributed by atoms with van der Waals surface area (Å²) in [6.07, 6.45) is 3.12. The van der Waals surface area contributed by atoms with E-state index in [0.29, 0.717) is 48.6 Å². The summed E-state index contributed by atoms with van der Waals surface area (Å²) in [6.45, 7) is 8.69. The minimum absolute atomic E-state index is 0.0512. The van der Waals surface area contributed by atoms with E-state index < -0.39 is 0 Å². The van der Waals surface area contributed by atoms with Crippen molar-refractivity contribution in [2.24, 2.45) is 17.6 Å². The maximum Gasteiger partial charge on any atom is 0.234 e. The smallest absolute Gasteiger partial charge is 0.234 e. The van der Waals surface area contributed by atoms with E-state index in [9.17, 15) is 9.59 Å². The fourth-order valence-corrected chi connectivity index (χ4v) is 4.97. The summed E-state index contributed by atoms with van der Waals surface area (Å²) in [6, 6.07) is 9.13. The molecule has 1 aliphatic rings. The molecule has 2 atom stereocenters. The van der Waals surface area contributed by atoms with Gasteiger partial charge in [0.25, 0.3) is 0 Å². The second kappa shape index (κ2) is 12.6. The number of amides is 2. The predicted octanol–water partition coefficient (Wildman–Crippen LogP) is 4.08. The molecule has 1 aromatic heterocycles. The number of pyridine rings is 1. The van der Waals surface area contributed by atoms with Crippen LogP contribution in [-0.2, 0) is 16.0 Å². The Morgan fingerprint density at radius 3 is 2.46 bits per heavy atom. The molecular formula is C26H35Cl2N5O2. The van der Waals surface area contributed by atoms with Crippen LogP contribution in [-0.4, -0.2) is 54.4 Å². The number of halogens is 2. The number of carbonyl (C=O) groups excluding carboxylic acids is 2. The van der Waals surface area contributed by atoms with Crippen molar-refractivity contribution in [3.8, 4) is 0 Å². The van der Waals surface area contributed by atoms with Gasteiger partial charge in [0.1, 0.15) is 5.82 Å². The van der Waals surface area contributed by atoms with E-state index in [4.69, 9.17) is 28.9 Å². The molecule has 3 N–H and O–H groups in total. The molecule has 2 heterocycles. The van der Waals surface area contributed by atoms with Crippen LogP contribution in [0.3, 0.4) is 0 Å². The van der Waals surface area contributed by atoms with Gasteiger partial charge < -0.3 is 20.9 Å². The Morgan fingerprint density at radius 1 is 1.11 bits per heavy atom. The fourth-order valence-electron chi connectivity index (χ4n) is 4.49. The number of aromatic nitrogens is 1. The van der Waals surface area contributed by atoms with Crippen LogP contribution in [0.25, 0.3) is 0 Å². The molecule has 1 saturated heterocycles. The number of nitrogens with zero attached hydrogens (tertiary/aromatic N) is 3. The van der Waals surface area contributed by atoms with Crippen molar-refractivity contribution in [3.05, 3.63) is 57.7 Å². The van der Waals surface area contributed by atoms with Crippen molar-refractivity contribution < 1.29 is 9.59 Å². The average Bonchev–Trinajstić information content (AvgIpc) is 2.84. The minimum Gasteiger partial charge on any atom is -0.353 e. The van der Waals surface area contributed by atoms with Gasteiger partial charge in [-0.25, -0.2) is 4.98 Å². The third-order valence-electron chi connectivity index (χ3n) is 6.27. The van der Waals surface area contributed by atoms with Crippen molar-refractivity contribution in [2.75, 3.05) is 37.6 Å². The minimum atomic E-state index is -0.187. The fraction of sp³-hybridized carbons (Fsp3) is 0.500. The van der Waals surface area contributed by atoms with Crippen LogP contribution in [0, 0.1) is 11.8 Å². The number of anilines is 1. The number of benzene rings is 1. The molecule has 9 heteroatoms. The highest BCUT2D eigenvalue weighted by atomic mass is 35.5. The van der Waals surface area contributed by atoms with Gasteiger partial charge in [-0.3, -0.25) is 9.59 Å². The first-order valence-electron chi connectivity index (χ1n) is 12.1. The number of carbonyl (C=O) groups is 2. The molecule has 7 nitrogen and oxygen atoms in total. The zero-order valence-electron chi connectivity index (χ0n) is 20.6. The van der Waals surface area contributed by atoms with Gasteiger partial charge in [0, 0.05) is 53.9 Å². The number of piperazine rings is 1. The van der Waals surface area contributed by atoms with E-state index in [-0.39, 0.29) is 30.3 Å². The monoisotopic (exact) mass is 519 g/mol. The maximum absolute atomic E-state index is 13.1. The number of nitrogens with two attached hydrogens (primary N) is 1. The Bertz CT molecular complexity index is 1020. The van der Waals surface area contributed by atoms with Crippen molar-refractivity contribution >= 4 is 40.8 Å². The summed E-state index contributed by atoms with van der Waals surface area (Å²) in [4.78, 5) is 34.0. The maximum atomic E-state index is 13.1. The lowest BCUT2D eigenvalue weighted by Crippen LogP contribution is -2.51. The molecule has 2 amide bonds. The van der Waals surface area contributed by atoms with Gasteiger partial charge in [-0.15, -0.1) is 0 Å². The summed E-state index contributed by atoms with van der Waals surface area (Å²) >= 11 is 12.3. The largest absolute Gasteiger partial charge is 0.353 e. The highest BCUT2D eigenvalue weighted by Crippen LogP contribution is 2.30. The van der Waals surface area contributed by atoms with E-state index >= 15 is 0 Å². The molecule has 3 rings (SSSR count). The lowest BCUT2D eigenvalue weighted by molar-refractivity contribution is -0.135. The Kier molecular flexibility index (Phi) is 9.78. The van der Waals surface area contributed by atoms with Gasteiger partial charge >= 0.3 is 0 Å². The van der Waals surface area contributed by atoms with Gasteiger partial charge in [-0.2, -0.15) is 0 Å². The number of hydrogen-bond acceptors (Lipinski definition) is 5. The summed E-state index contributed by atoms with van der Waals surface area (Å²) in [5.41, 5.74) is 7.45. The van der Waals surface area contributed by atoms with Gasteiger partial charge in [0.2, 0.25) is 11.8 Å². The first-order valence-corrected chi connectivity index (χ1v) is 12.9. The number of rotatable bonds is 9. The highest BCUT2D eigenvalue weighted by molar-refractivity contribution is 6.35. The van der Waals surface area contributed by atoms with Gasteiger partial charge in [-0.1, -0.05) is 56.1 Å². The van der Waals surface area contributed by atoms with Crippen LogP contribution in [0.2, 0.25) is 10.0 Å². The Hall–Kier alpha value is -2.35. The van der Waals surface area contributed by atoms with E-state index in [1.807, 2.05) is 30.0 Å². The first-order chi connectivity index (χ1) is 16.7. The molecule has 0 aliphatic carbocycles. The van der Waals surface area contributed by atoms with Gasteiger partial charge in [-0.05, 0) is 42.5 Å². The number of hydrogen-bond donors (Lipinski definition) is 2. The van der Waals surface area contributed by atoms with Crippen LogP contribution < -0.4 is 16.0 Å². The lowest BCUT2D eigenvalue weighted by atomic mass is 9.96. The summed E-state index contributed by atoms with van der Waals surface area (Å²) in [5, 5.41) is 4.22. The van der Waals surface area contributed by atoms with Crippen molar-refractivity contribution in [2.45, 2.75) is 39.7 Å². The first kappa shape index (κ1) is 27.2. The van der Waals surface area contributed by atoms with E-state index in [2.05, 4.69) is 29.0 Å². The zero-order valence-corrected chi connectivity index (χ0v) is 22.1. The molecule has 1 aromatic carbocycles. The lowest BCUT2D eigenvalue weighted by Gasteiger charge is -2.38. The molecule has 0 spiro atoms. The highest BCUT2D eigenvalue weighted by Gasteiger charge is 2.28. The van der Waals surface area contributed by atoms with Crippen molar-refractivity contribution in [3.63, 3.8) is 0 Å². The molecule has 0 saturated carbocycles. The normalized spacial score (nSPS) is 15.7. The van der Waals surface area contributed by atoms with Crippen molar-refractivity contribution in [1.82, 2.24) is 15.2 Å². The molecule has 1 unspecified atom stereocenters. The van der Waals surface area contributed by atoms with E-state index in [1.54, 1.807) is 18.3 Å². The Morgan fingerprint density at radius 2 is 1.83 bits per heavy atom. The van der Waals surface area contributed by atoms with E-state index in [0.717, 1.165) is 23.4 Å². The third-order valence-corrected chi connectivity index (χ3v) is 6.86. The second-order valence-electron chi connectivity index (χ2n) is 9.52. The molecule has 2 aromatic rings. The zero-order chi connectivity index (χ0) is 25.5. The standard InChI is InChI=1S/C26H35Cl2N5O2/c1-17(2)13-23(31-24(34)16-29)21-5-4-8-30-25(21)32-9-11-33(12-10-32)26(35)18(3)14-19-6-7-20(27)15-22(19)28/h4-8,15,17-18,23H,9-14,16,29H2,1-3H3,(H,31,34)/t18?,23-/m0/s1. The van der Waals surface area contributed by atoms with Crippen LogP contribution >= 0.6 is 23.2 Å².